The molecule has 2 unspecified atom stereocenters. The average Bonchev–Trinajstić information content (AvgIpc) is 2.89. The second-order valence-corrected chi connectivity index (χ2v) is 5.90. The summed E-state index contributed by atoms with van der Waals surface area (Å²) in [6.07, 6.45) is -0.0185. The zero-order valence-electron chi connectivity index (χ0n) is 13.4. The molecular formula is C19H19NO4. The number of ether oxygens (including phenoxy) is 1. The molecule has 2 atom stereocenters. The molecule has 24 heavy (non-hydrogen) atoms. The van der Waals surface area contributed by atoms with Crippen LogP contribution in [-0.4, -0.2) is 34.6 Å². The predicted octanol–water partition coefficient (Wildman–Crippen LogP) is 2.06. The van der Waals surface area contributed by atoms with Crippen LogP contribution in [0.25, 0.3) is 0 Å². The molecular weight excluding hydrogens is 306 g/mol. The topological polar surface area (TPSA) is 66.8 Å². The quantitative estimate of drug-likeness (QED) is 0.690. The first-order chi connectivity index (χ1) is 11.6. The second-order valence-electron chi connectivity index (χ2n) is 5.90. The highest BCUT2D eigenvalue weighted by Crippen LogP contribution is 2.40. The van der Waals surface area contributed by atoms with Gasteiger partial charge in [-0.05, 0) is 11.1 Å². The molecule has 0 bridgehead atoms. The van der Waals surface area contributed by atoms with Gasteiger partial charge in [0.15, 0.2) is 0 Å². The zero-order valence-corrected chi connectivity index (χ0v) is 13.4. The molecule has 1 heterocycles. The van der Waals surface area contributed by atoms with Crippen molar-refractivity contribution in [3.8, 4) is 0 Å². The fourth-order valence-corrected chi connectivity index (χ4v) is 3.13. The highest BCUT2D eigenvalue weighted by atomic mass is 16.5. The summed E-state index contributed by atoms with van der Waals surface area (Å²) in [4.78, 5) is 26.3. The molecule has 2 aromatic carbocycles. The van der Waals surface area contributed by atoms with Gasteiger partial charge in [-0.25, -0.2) is 4.79 Å². The van der Waals surface area contributed by atoms with Crippen LogP contribution >= 0.6 is 0 Å². The Morgan fingerprint density at radius 1 is 1.17 bits per heavy atom. The molecule has 0 aliphatic carbocycles. The largest absolute Gasteiger partial charge is 0.466 e. The first-order valence-electron chi connectivity index (χ1n) is 7.77. The Morgan fingerprint density at radius 3 is 2.33 bits per heavy atom. The molecule has 5 nitrogen and oxygen atoms in total. The lowest BCUT2D eigenvalue weighted by atomic mass is 9.96. The summed E-state index contributed by atoms with van der Waals surface area (Å²) in [5.74, 6) is -1.53. The molecule has 1 saturated heterocycles. The van der Waals surface area contributed by atoms with Crippen LogP contribution in [0.4, 0.5) is 0 Å². The Labute approximate surface area is 140 Å². The van der Waals surface area contributed by atoms with E-state index in [2.05, 4.69) is 4.74 Å². The van der Waals surface area contributed by atoms with Gasteiger partial charge in [-0.3, -0.25) is 4.79 Å². The van der Waals surface area contributed by atoms with E-state index in [0.717, 1.165) is 11.1 Å². The van der Waals surface area contributed by atoms with E-state index in [-0.39, 0.29) is 12.5 Å². The molecule has 1 aliphatic rings. The van der Waals surface area contributed by atoms with Crippen LogP contribution in [0.3, 0.4) is 0 Å². The van der Waals surface area contributed by atoms with Crippen molar-refractivity contribution in [2.24, 2.45) is 0 Å². The smallest absolute Gasteiger partial charge is 0.347 e. The summed E-state index contributed by atoms with van der Waals surface area (Å²) in [6, 6.07) is 18.5. The third-order valence-corrected chi connectivity index (χ3v) is 4.38. The molecule has 3 rings (SSSR count). The SMILES string of the molecule is COC(=O)C1(O)CC(c2ccccc2)N(Cc2ccccc2)C1=O. The fraction of sp³-hybridized carbons (Fsp3) is 0.263. The normalized spacial score (nSPS) is 23.3. The standard InChI is InChI=1S/C19H19NO4/c1-24-18(22)19(23)12-16(15-10-6-3-7-11-15)20(17(19)21)13-14-8-4-2-5-9-14/h2-11,16,23H,12-13H2,1H3. The van der Waals surface area contributed by atoms with Crippen molar-refractivity contribution in [3.05, 3.63) is 71.8 Å². The molecule has 124 valence electrons. The van der Waals surface area contributed by atoms with Crippen LogP contribution in [0, 0.1) is 0 Å². The van der Waals surface area contributed by atoms with Crippen LogP contribution < -0.4 is 0 Å². The minimum atomic E-state index is -2.13. The number of rotatable bonds is 4. The molecule has 1 N–H and O–H groups in total. The number of esters is 1. The van der Waals surface area contributed by atoms with Gasteiger partial charge in [0.25, 0.3) is 5.91 Å². The number of aliphatic hydroxyl groups is 1. The maximum atomic E-state index is 12.8. The monoisotopic (exact) mass is 325 g/mol. The van der Waals surface area contributed by atoms with E-state index in [1.165, 1.54) is 7.11 Å². The van der Waals surface area contributed by atoms with Crippen molar-refractivity contribution in [1.82, 2.24) is 4.90 Å². The van der Waals surface area contributed by atoms with Crippen LogP contribution in [0.1, 0.15) is 23.6 Å². The van der Waals surface area contributed by atoms with E-state index in [1.54, 1.807) is 4.90 Å². The maximum absolute atomic E-state index is 12.8. The minimum absolute atomic E-state index is 0.0185. The van der Waals surface area contributed by atoms with Gasteiger partial charge in [0.2, 0.25) is 5.60 Å². The van der Waals surface area contributed by atoms with E-state index in [0.29, 0.717) is 6.54 Å². The fourth-order valence-electron chi connectivity index (χ4n) is 3.13. The number of amides is 1. The number of carbonyl (C=O) groups is 2. The number of likely N-dealkylation sites (tertiary alicyclic amines) is 1. The van der Waals surface area contributed by atoms with E-state index < -0.39 is 17.5 Å². The number of methoxy groups -OCH3 is 1. The van der Waals surface area contributed by atoms with Crippen LogP contribution in [0.5, 0.6) is 0 Å². The number of carbonyl (C=O) groups excluding carboxylic acids is 2. The van der Waals surface area contributed by atoms with E-state index in [1.807, 2.05) is 60.7 Å². The molecule has 2 aromatic rings. The lowest BCUT2D eigenvalue weighted by Crippen LogP contribution is -2.47. The van der Waals surface area contributed by atoms with Crippen molar-refractivity contribution >= 4 is 11.9 Å². The van der Waals surface area contributed by atoms with E-state index in [9.17, 15) is 14.7 Å². The van der Waals surface area contributed by atoms with E-state index in [4.69, 9.17) is 0 Å². The summed E-state index contributed by atoms with van der Waals surface area (Å²) < 4.78 is 4.65. The average molecular weight is 325 g/mol. The van der Waals surface area contributed by atoms with Gasteiger partial charge < -0.3 is 14.7 Å². The number of nitrogens with zero attached hydrogens (tertiary/aromatic N) is 1. The Kier molecular flexibility index (Phi) is 4.36. The predicted molar refractivity (Wildman–Crippen MR) is 87.8 cm³/mol. The van der Waals surface area contributed by atoms with Crippen molar-refractivity contribution < 1.29 is 19.4 Å². The summed E-state index contributed by atoms with van der Waals surface area (Å²) in [7, 11) is 1.17. The van der Waals surface area contributed by atoms with Crippen molar-refractivity contribution in [2.75, 3.05) is 7.11 Å². The van der Waals surface area contributed by atoms with Crippen LogP contribution in [-0.2, 0) is 20.9 Å². The van der Waals surface area contributed by atoms with Crippen molar-refractivity contribution in [3.63, 3.8) is 0 Å². The van der Waals surface area contributed by atoms with Gasteiger partial charge in [0, 0.05) is 13.0 Å². The van der Waals surface area contributed by atoms with Crippen LogP contribution in [0.2, 0.25) is 0 Å². The van der Waals surface area contributed by atoms with Gasteiger partial charge in [-0.1, -0.05) is 60.7 Å². The summed E-state index contributed by atoms with van der Waals surface area (Å²) in [6.45, 7) is 0.318. The van der Waals surface area contributed by atoms with E-state index >= 15 is 0 Å². The Bertz CT molecular complexity index is 732. The number of benzene rings is 2. The molecule has 1 fully saturated rings. The lowest BCUT2D eigenvalue weighted by Gasteiger charge is -2.25. The molecule has 1 aliphatic heterocycles. The first-order valence-corrected chi connectivity index (χ1v) is 7.77. The van der Waals surface area contributed by atoms with Gasteiger partial charge in [0.1, 0.15) is 0 Å². The minimum Gasteiger partial charge on any atom is -0.466 e. The van der Waals surface area contributed by atoms with Crippen LogP contribution in [0.15, 0.2) is 60.7 Å². The third kappa shape index (κ3) is 2.78. The number of hydrogen-bond acceptors (Lipinski definition) is 4. The maximum Gasteiger partial charge on any atom is 0.347 e. The van der Waals surface area contributed by atoms with Gasteiger partial charge >= 0.3 is 5.97 Å². The van der Waals surface area contributed by atoms with Gasteiger partial charge in [-0.2, -0.15) is 0 Å². The molecule has 0 aromatic heterocycles. The highest BCUT2D eigenvalue weighted by molar-refractivity contribution is 6.07. The van der Waals surface area contributed by atoms with Gasteiger partial charge in [-0.15, -0.1) is 0 Å². The molecule has 5 heteroatoms. The Hall–Kier alpha value is -2.66. The molecule has 0 radical (unpaired) electrons. The summed E-state index contributed by atoms with van der Waals surface area (Å²) >= 11 is 0. The van der Waals surface area contributed by atoms with Gasteiger partial charge in [0.05, 0.1) is 13.2 Å². The first kappa shape index (κ1) is 16.2. The van der Waals surface area contributed by atoms with Crippen molar-refractivity contribution in [1.29, 1.82) is 0 Å². The van der Waals surface area contributed by atoms with Crippen molar-refractivity contribution in [2.45, 2.75) is 24.6 Å². The molecule has 0 saturated carbocycles. The second kappa shape index (κ2) is 6.45. The summed E-state index contributed by atoms with van der Waals surface area (Å²) in [5, 5.41) is 10.6. The zero-order chi connectivity index (χ0) is 17.2. The lowest BCUT2D eigenvalue weighted by molar-refractivity contribution is -0.168. The molecule has 1 amide bonds. The Balaban J connectivity index is 1.98. The Morgan fingerprint density at radius 2 is 1.75 bits per heavy atom. The third-order valence-electron chi connectivity index (χ3n) is 4.38. The highest BCUT2D eigenvalue weighted by Gasteiger charge is 2.57. The summed E-state index contributed by atoms with van der Waals surface area (Å²) in [5.41, 5.74) is -0.327. The number of hydrogen-bond donors (Lipinski definition) is 1. The molecule has 0 spiro atoms.